The number of anilines is 1. The van der Waals surface area contributed by atoms with Crippen LogP contribution in [0.25, 0.3) is 0 Å². The minimum absolute atomic E-state index is 0.0447. The molecule has 0 radical (unpaired) electrons. The van der Waals surface area contributed by atoms with Gasteiger partial charge >= 0.3 is 0 Å². The van der Waals surface area contributed by atoms with Gasteiger partial charge in [-0.1, -0.05) is 19.1 Å². The number of hydrogen-bond donors (Lipinski definition) is 2. The SMILES string of the molecule is CC1CCCNC1C(=O)Nc1ccc(C2OCCO2)cc1. The van der Waals surface area contributed by atoms with E-state index in [0.29, 0.717) is 19.1 Å². The van der Waals surface area contributed by atoms with Gasteiger partial charge < -0.3 is 20.1 Å². The molecule has 1 amide bonds. The third-order valence-corrected chi connectivity index (χ3v) is 4.12. The van der Waals surface area contributed by atoms with Crippen LogP contribution >= 0.6 is 0 Å². The average Bonchev–Trinajstić information content (AvgIpc) is 3.02. The van der Waals surface area contributed by atoms with E-state index in [4.69, 9.17) is 9.47 Å². The van der Waals surface area contributed by atoms with E-state index in [1.54, 1.807) is 0 Å². The van der Waals surface area contributed by atoms with Crippen molar-refractivity contribution in [3.63, 3.8) is 0 Å². The standard InChI is InChI=1S/C16H22N2O3/c1-11-3-2-8-17-14(11)15(19)18-13-6-4-12(5-7-13)16-20-9-10-21-16/h4-7,11,14,16-17H,2-3,8-10H2,1H3,(H,18,19). The highest BCUT2D eigenvalue weighted by molar-refractivity contribution is 5.95. The Morgan fingerprint density at radius 2 is 1.95 bits per heavy atom. The summed E-state index contributed by atoms with van der Waals surface area (Å²) in [6.45, 7) is 4.30. The molecule has 2 fully saturated rings. The molecule has 5 heteroatoms. The van der Waals surface area contributed by atoms with E-state index in [2.05, 4.69) is 17.6 Å². The zero-order valence-electron chi connectivity index (χ0n) is 12.3. The van der Waals surface area contributed by atoms with Crippen LogP contribution in [0.4, 0.5) is 5.69 Å². The third kappa shape index (κ3) is 3.43. The van der Waals surface area contributed by atoms with Gasteiger partial charge in [-0.05, 0) is 37.4 Å². The molecule has 5 nitrogen and oxygen atoms in total. The second-order valence-corrected chi connectivity index (χ2v) is 5.74. The first-order valence-corrected chi connectivity index (χ1v) is 7.61. The molecule has 2 heterocycles. The van der Waals surface area contributed by atoms with Gasteiger partial charge in [0, 0.05) is 11.3 Å². The van der Waals surface area contributed by atoms with Crippen molar-refractivity contribution < 1.29 is 14.3 Å². The summed E-state index contributed by atoms with van der Waals surface area (Å²) < 4.78 is 10.9. The van der Waals surface area contributed by atoms with Gasteiger partial charge in [-0.15, -0.1) is 0 Å². The molecule has 2 aliphatic heterocycles. The van der Waals surface area contributed by atoms with E-state index in [-0.39, 0.29) is 18.2 Å². The van der Waals surface area contributed by atoms with E-state index in [0.717, 1.165) is 30.6 Å². The quantitative estimate of drug-likeness (QED) is 0.894. The summed E-state index contributed by atoms with van der Waals surface area (Å²) in [5.74, 6) is 0.418. The van der Waals surface area contributed by atoms with Crippen molar-refractivity contribution in [3.8, 4) is 0 Å². The lowest BCUT2D eigenvalue weighted by atomic mass is 9.92. The molecule has 2 N–H and O–H groups in total. The largest absolute Gasteiger partial charge is 0.346 e. The molecule has 2 atom stereocenters. The Morgan fingerprint density at radius 1 is 1.24 bits per heavy atom. The number of rotatable bonds is 3. The molecule has 0 saturated carbocycles. The molecule has 0 aromatic heterocycles. The van der Waals surface area contributed by atoms with Crippen LogP contribution in [0.1, 0.15) is 31.6 Å². The number of amides is 1. The van der Waals surface area contributed by atoms with Gasteiger partial charge in [0.1, 0.15) is 0 Å². The van der Waals surface area contributed by atoms with Crippen LogP contribution in [-0.2, 0) is 14.3 Å². The predicted octanol–water partition coefficient (Wildman–Crippen LogP) is 2.06. The van der Waals surface area contributed by atoms with Gasteiger partial charge in [0.25, 0.3) is 0 Å². The second kappa shape index (κ2) is 6.56. The maximum absolute atomic E-state index is 12.3. The van der Waals surface area contributed by atoms with Gasteiger partial charge in [-0.25, -0.2) is 0 Å². The summed E-state index contributed by atoms with van der Waals surface area (Å²) in [5, 5.41) is 6.27. The molecule has 1 aromatic carbocycles. The van der Waals surface area contributed by atoms with Crippen LogP contribution in [0.5, 0.6) is 0 Å². The maximum atomic E-state index is 12.3. The van der Waals surface area contributed by atoms with Crippen molar-refractivity contribution in [2.45, 2.75) is 32.1 Å². The Kier molecular flexibility index (Phi) is 4.53. The minimum Gasteiger partial charge on any atom is -0.346 e. The second-order valence-electron chi connectivity index (χ2n) is 5.74. The number of carbonyl (C=O) groups excluding carboxylic acids is 1. The fourth-order valence-electron chi connectivity index (χ4n) is 2.90. The maximum Gasteiger partial charge on any atom is 0.241 e. The first-order chi connectivity index (χ1) is 10.2. The summed E-state index contributed by atoms with van der Waals surface area (Å²) in [4.78, 5) is 12.3. The normalized spacial score (nSPS) is 26.7. The number of benzene rings is 1. The van der Waals surface area contributed by atoms with Crippen molar-refractivity contribution in [1.29, 1.82) is 0 Å². The Hall–Kier alpha value is -1.43. The molecule has 0 bridgehead atoms. The van der Waals surface area contributed by atoms with E-state index >= 15 is 0 Å². The number of ether oxygens (including phenoxy) is 2. The fourth-order valence-corrected chi connectivity index (χ4v) is 2.90. The third-order valence-electron chi connectivity index (χ3n) is 4.12. The van der Waals surface area contributed by atoms with Crippen molar-refractivity contribution >= 4 is 11.6 Å². The highest BCUT2D eigenvalue weighted by atomic mass is 16.7. The van der Waals surface area contributed by atoms with Crippen molar-refractivity contribution in [2.24, 2.45) is 5.92 Å². The van der Waals surface area contributed by atoms with Crippen molar-refractivity contribution in [3.05, 3.63) is 29.8 Å². The van der Waals surface area contributed by atoms with E-state index in [1.165, 1.54) is 0 Å². The van der Waals surface area contributed by atoms with Crippen LogP contribution < -0.4 is 10.6 Å². The number of carbonyl (C=O) groups is 1. The van der Waals surface area contributed by atoms with Gasteiger partial charge in [0.15, 0.2) is 6.29 Å². The molecule has 2 aliphatic rings. The lowest BCUT2D eigenvalue weighted by Crippen LogP contribution is -2.48. The van der Waals surface area contributed by atoms with Crippen LogP contribution in [0.15, 0.2) is 24.3 Å². The highest BCUT2D eigenvalue weighted by Gasteiger charge is 2.27. The molecule has 3 rings (SSSR count). The molecule has 21 heavy (non-hydrogen) atoms. The fraction of sp³-hybridized carbons (Fsp3) is 0.562. The Labute approximate surface area is 125 Å². The molecule has 0 aliphatic carbocycles. The summed E-state index contributed by atoms with van der Waals surface area (Å²) >= 11 is 0. The van der Waals surface area contributed by atoms with E-state index in [1.807, 2.05) is 24.3 Å². The lowest BCUT2D eigenvalue weighted by Gasteiger charge is -2.28. The zero-order chi connectivity index (χ0) is 14.7. The number of hydrogen-bond acceptors (Lipinski definition) is 4. The summed E-state index contributed by atoms with van der Waals surface area (Å²) in [5.41, 5.74) is 1.79. The first-order valence-electron chi connectivity index (χ1n) is 7.61. The zero-order valence-corrected chi connectivity index (χ0v) is 12.3. The first kappa shape index (κ1) is 14.5. The van der Waals surface area contributed by atoms with Crippen LogP contribution in [-0.4, -0.2) is 31.7 Å². The Balaban J connectivity index is 1.60. The summed E-state index contributed by atoms with van der Waals surface area (Å²) in [7, 11) is 0. The topological polar surface area (TPSA) is 59.6 Å². The van der Waals surface area contributed by atoms with Crippen LogP contribution in [0.2, 0.25) is 0 Å². The molecule has 0 spiro atoms. The van der Waals surface area contributed by atoms with Crippen LogP contribution in [0, 0.1) is 5.92 Å². The van der Waals surface area contributed by atoms with Gasteiger partial charge in [0.05, 0.1) is 19.3 Å². The van der Waals surface area contributed by atoms with Gasteiger partial charge in [-0.3, -0.25) is 4.79 Å². The molecular weight excluding hydrogens is 268 g/mol. The van der Waals surface area contributed by atoms with E-state index < -0.39 is 0 Å². The van der Waals surface area contributed by atoms with E-state index in [9.17, 15) is 4.79 Å². The van der Waals surface area contributed by atoms with Crippen molar-refractivity contribution in [1.82, 2.24) is 5.32 Å². The van der Waals surface area contributed by atoms with Gasteiger partial charge in [-0.2, -0.15) is 0 Å². The minimum atomic E-state index is -0.269. The molecular formula is C16H22N2O3. The smallest absolute Gasteiger partial charge is 0.241 e. The monoisotopic (exact) mass is 290 g/mol. The summed E-state index contributed by atoms with van der Waals surface area (Å²) in [6, 6.07) is 7.56. The lowest BCUT2D eigenvalue weighted by molar-refractivity contribution is -0.119. The summed E-state index contributed by atoms with van der Waals surface area (Å²) in [6.07, 6.45) is 1.97. The number of nitrogens with one attached hydrogen (secondary N) is 2. The predicted molar refractivity (Wildman–Crippen MR) is 79.9 cm³/mol. The highest BCUT2D eigenvalue weighted by Crippen LogP contribution is 2.24. The molecule has 1 aromatic rings. The number of piperidine rings is 1. The van der Waals surface area contributed by atoms with Gasteiger partial charge in [0.2, 0.25) is 5.91 Å². The Bertz CT molecular complexity index is 483. The average molecular weight is 290 g/mol. The Morgan fingerprint density at radius 3 is 2.62 bits per heavy atom. The molecule has 2 unspecified atom stereocenters. The molecule has 2 saturated heterocycles. The molecule has 114 valence electrons. The van der Waals surface area contributed by atoms with Crippen LogP contribution in [0.3, 0.4) is 0 Å². The van der Waals surface area contributed by atoms with Crippen molar-refractivity contribution in [2.75, 3.05) is 25.1 Å².